The Bertz CT molecular complexity index is 906. The number of amidine groups is 1. The van der Waals surface area contributed by atoms with Crippen molar-refractivity contribution in [3.63, 3.8) is 0 Å². The highest BCUT2D eigenvalue weighted by molar-refractivity contribution is 7.89. The first-order chi connectivity index (χ1) is 11.0. The van der Waals surface area contributed by atoms with Crippen LogP contribution in [0.5, 0.6) is 6.01 Å². The molecule has 10 heteroatoms. The summed E-state index contributed by atoms with van der Waals surface area (Å²) >= 11 is 0. The van der Waals surface area contributed by atoms with Crippen molar-refractivity contribution in [3.8, 4) is 17.1 Å². The average molecular weight is 332 g/mol. The van der Waals surface area contributed by atoms with E-state index < -0.39 is 10.0 Å². The van der Waals surface area contributed by atoms with Crippen LogP contribution in [0.3, 0.4) is 0 Å². The van der Waals surface area contributed by atoms with Crippen LogP contribution < -0.4 is 9.88 Å². The largest absolute Gasteiger partial charge is 0.467 e. The number of azo groups is 1. The van der Waals surface area contributed by atoms with Crippen LogP contribution in [0.25, 0.3) is 11.1 Å². The molecule has 118 valence electrons. The number of primary sulfonamides is 1. The molecule has 1 aliphatic rings. The third kappa shape index (κ3) is 2.94. The third-order valence-electron chi connectivity index (χ3n) is 3.13. The topological polar surface area (TPSA) is 132 Å². The van der Waals surface area contributed by atoms with Crippen LogP contribution in [-0.2, 0) is 10.0 Å². The molecule has 1 aliphatic heterocycles. The van der Waals surface area contributed by atoms with Gasteiger partial charge in [-0.15, -0.1) is 5.11 Å². The number of aliphatic imine (C=N–C) groups is 1. The lowest BCUT2D eigenvalue weighted by atomic mass is 10.0. The van der Waals surface area contributed by atoms with E-state index >= 15 is 0 Å². The van der Waals surface area contributed by atoms with Gasteiger partial charge < -0.3 is 4.74 Å². The summed E-state index contributed by atoms with van der Waals surface area (Å²) in [5.74, 6) is 0.209. The Labute approximate surface area is 132 Å². The molecule has 3 rings (SSSR count). The van der Waals surface area contributed by atoms with Crippen LogP contribution in [-0.4, -0.2) is 38.0 Å². The number of benzene rings is 1. The van der Waals surface area contributed by atoms with Gasteiger partial charge in [-0.3, -0.25) is 0 Å². The van der Waals surface area contributed by atoms with Crippen molar-refractivity contribution < 1.29 is 13.2 Å². The Kier molecular flexibility index (Phi) is 3.84. The van der Waals surface area contributed by atoms with E-state index in [9.17, 15) is 8.42 Å². The first-order valence-electron chi connectivity index (χ1n) is 6.45. The van der Waals surface area contributed by atoms with Crippen LogP contribution >= 0.6 is 0 Å². The molecule has 2 N–H and O–H groups in total. The van der Waals surface area contributed by atoms with Crippen LogP contribution in [0.15, 0.2) is 50.7 Å². The summed E-state index contributed by atoms with van der Waals surface area (Å²) in [6.45, 7) is 0.146. The van der Waals surface area contributed by atoms with E-state index in [1.54, 1.807) is 12.1 Å². The number of ether oxygens (including phenoxy) is 1. The molecular weight excluding hydrogens is 320 g/mol. The summed E-state index contributed by atoms with van der Waals surface area (Å²) in [4.78, 5) is 12.1. The Balaban J connectivity index is 2.25. The summed E-state index contributed by atoms with van der Waals surface area (Å²) in [6, 6.07) is 4.89. The van der Waals surface area contributed by atoms with Crippen molar-refractivity contribution in [2.75, 3.05) is 13.8 Å². The Hall–Kier alpha value is -2.72. The van der Waals surface area contributed by atoms with Crippen LogP contribution in [0.4, 0.5) is 0 Å². The van der Waals surface area contributed by atoms with Gasteiger partial charge in [-0.1, -0.05) is 12.1 Å². The van der Waals surface area contributed by atoms with Crippen molar-refractivity contribution in [1.29, 1.82) is 0 Å². The number of rotatable bonds is 4. The fraction of sp³-hybridized carbons (Fsp3) is 0.154. The molecule has 0 unspecified atom stereocenters. The second-order valence-electron chi connectivity index (χ2n) is 4.55. The van der Waals surface area contributed by atoms with Crippen molar-refractivity contribution in [2.24, 2.45) is 20.4 Å². The molecule has 0 saturated carbocycles. The van der Waals surface area contributed by atoms with E-state index in [1.165, 1.54) is 25.6 Å². The van der Waals surface area contributed by atoms with Crippen molar-refractivity contribution in [1.82, 2.24) is 9.97 Å². The number of nitrogens with zero attached hydrogens (tertiary/aromatic N) is 5. The lowest BCUT2D eigenvalue weighted by Crippen LogP contribution is -2.17. The minimum Gasteiger partial charge on any atom is -0.467 e. The Morgan fingerprint density at radius 2 is 1.96 bits per heavy atom. The second-order valence-corrected chi connectivity index (χ2v) is 6.08. The molecule has 1 aromatic carbocycles. The molecule has 0 fully saturated rings. The van der Waals surface area contributed by atoms with Crippen molar-refractivity contribution in [2.45, 2.75) is 4.90 Å². The highest BCUT2D eigenvalue weighted by atomic mass is 32.2. The third-order valence-corrected chi connectivity index (χ3v) is 4.08. The van der Waals surface area contributed by atoms with Crippen LogP contribution in [0.1, 0.15) is 5.56 Å². The molecular formula is C13H12N6O3S. The molecule has 0 saturated heterocycles. The van der Waals surface area contributed by atoms with Gasteiger partial charge in [0.05, 0.1) is 12.0 Å². The van der Waals surface area contributed by atoms with Crippen molar-refractivity contribution >= 4 is 15.9 Å². The molecule has 2 aromatic rings. The van der Waals surface area contributed by atoms with E-state index in [1.807, 2.05) is 0 Å². The maximum Gasteiger partial charge on any atom is 0.316 e. The fourth-order valence-electron chi connectivity index (χ4n) is 2.16. The molecule has 23 heavy (non-hydrogen) atoms. The second kappa shape index (κ2) is 5.82. The molecule has 0 radical (unpaired) electrons. The smallest absolute Gasteiger partial charge is 0.316 e. The molecule has 9 nitrogen and oxygen atoms in total. The lowest BCUT2D eigenvalue weighted by molar-refractivity contribution is 0.380. The highest BCUT2D eigenvalue weighted by Gasteiger charge is 2.23. The predicted molar refractivity (Wildman–Crippen MR) is 81.7 cm³/mol. The van der Waals surface area contributed by atoms with E-state index in [-0.39, 0.29) is 29.0 Å². The molecule has 2 heterocycles. The Morgan fingerprint density at radius 3 is 2.52 bits per heavy atom. The lowest BCUT2D eigenvalue weighted by Gasteiger charge is -2.11. The number of sulfonamides is 1. The standard InChI is InChI=1S/C13H12N6O3S/c1-22-13-15-5-8(6-16-13)9-3-2-4-10(23(14,20)21)11(9)12-17-7-18-19-12/h2-6H,7H2,1H3,(H2,14,20,21). The number of hydrogen-bond donors (Lipinski definition) is 1. The molecule has 0 atom stereocenters. The molecule has 0 bridgehead atoms. The predicted octanol–water partition coefficient (Wildman–Crippen LogP) is 0.970. The van der Waals surface area contributed by atoms with Gasteiger partial charge in [0.25, 0.3) is 0 Å². The summed E-state index contributed by atoms with van der Waals surface area (Å²) in [6.07, 6.45) is 3.04. The van der Waals surface area contributed by atoms with Gasteiger partial charge in [-0.25, -0.2) is 28.5 Å². The summed E-state index contributed by atoms with van der Waals surface area (Å²) in [7, 11) is -2.51. The summed E-state index contributed by atoms with van der Waals surface area (Å²) in [5, 5.41) is 13.0. The fourth-order valence-corrected chi connectivity index (χ4v) is 2.91. The minimum atomic E-state index is -3.96. The highest BCUT2D eigenvalue weighted by Crippen LogP contribution is 2.30. The van der Waals surface area contributed by atoms with Gasteiger partial charge in [0.1, 0.15) is 0 Å². The quantitative estimate of drug-likeness (QED) is 0.890. The van der Waals surface area contributed by atoms with Crippen LogP contribution in [0.2, 0.25) is 0 Å². The van der Waals surface area contributed by atoms with Gasteiger partial charge in [0, 0.05) is 23.5 Å². The SMILES string of the molecule is COc1ncc(-c2cccc(S(N)(=O)=O)c2C2=NCN=N2)cn1. The van der Waals surface area contributed by atoms with Gasteiger partial charge in [0.15, 0.2) is 12.5 Å². The zero-order chi connectivity index (χ0) is 16.4. The van der Waals surface area contributed by atoms with Gasteiger partial charge in [0.2, 0.25) is 10.0 Å². The zero-order valence-corrected chi connectivity index (χ0v) is 12.9. The first kappa shape index (κ1) is 15.2. The maximum atomic E-state index is 11.9. The van der Waals surface area contributed by atoms with Gasteiger partial charge >= 0.3 is 6.01 Å². The average Bonchev–Trinajstić information content (AvgIpc) is 3.07. The molecule has 0 spiro atoms. The Morgan fingerprint density at radius 1 is 1.22 bits per heavy atom. The molecule has 0 aliphatic carbocycles. The van der Waals surface area contributed by atoms with E-state index in [0.717, 1.165) is 0 Å². The van der Waals surface area contributed by atoms with Crippen LogP contribution in [0, 0.1) is 0 Å². The first-order valence-corrected chi connectivity index (χ1v) is 8.00. The number of methoxy groups -OCH3 is 1. The van der Waals surface area contributed by atoms with E-state index in [2.05, 4.69) is 25.2 Å². The number of aromatic nitrogens is 2. The van der Waals surface area contributed by atoms with E-state index in [0.29, 0.717) is 11.1 Å². The monoisotopic (exact) mass is 332 g/mol. The molecule has 1 aromatic heterocycles. The minimum absolute atomic E-state index is 0.0783. The normalized spacial score (nSPS) is 13.9. The maximum absolute atomic E-state index is 11.9. The molecule has 0 amide bonds. The van der Waals surface area contributed by atoms with E-state index in [4.69, 9.17) is 9.88 Å². The van der Waals surface area contributed by atoms with Gasteiger partial charge in [-0.2, -0.15) is 5.11 Å². The number of nitrogens with two attached hydrogens (primary N) is 1. The number of hydrogen-bond acceptors (Lipinski definition) is 8. The summed E-state index contributed by atoms with van der Waals surface area (Å²) in [5.41, 5.74) is 1.40. The van der Waals surface area contributed by atoms with Crippen molar-refractivity contribution in [3.05, 3.63) is 36.2 Å². The summed E-state index contributed by atoms with van der Waals surface area (Å²) < 4.78 is 28.7. The zero-order valence-electron chi connectivity index (χ0n) is 12.0. The van der Waals surface area contributed by atoms with Gasteiger partial charge in [-0.05, 0) is 11.6 Å².